The highest BCUT2D eigenvalue weighted by molar-refractivity contribution is 7.91. The van der Waals surface area contributed by atoms with E-state index in [1.165, 1.54) is 11.3 Å². The molecule has 1 aliphatic carbocycles. The molecule has 1 aliphatic rings. The highest BCUT2D eigenvalue weighted by Gasteiger charge is 2.27. The van der Waals surface area contributed by atoms with Crippen LogP contribution in [0.1, 0.15) is 25.7 Å². The third kappa shape index (κ3) is 2.63. The number of rotatable bonds is 3. The minimum Gasteiger partial charge on any atom is -0.326 e. The molecule has 0 saturated heterocycles. The molecule has 16 heavy (non-hydrogen) atoms. The normalized spacial score (nSPS) is 26.8. The van der Waals surface area contributed by atoms with Crippen molar-refractivity contribution >= 4 is 21.4 Å². The van der Waals surface area contributed by atoms with Crippen LogP contribution in [0.2, 0.25) is 0 Å². The summed E-state index contributed by atoms with van der Waals surface area (Å²) in [4.78, 5) is 0. The van der Waals surface area contributed by atoms with Gasteiger partial charge in [0.2, 0.25) is 10.0 Å². The van der Waals surface area contributed by atoms with Gasteiger partial charge in [-0.1, -0.05) is 18.9 Å². The highest BCUT2D eigenvalue weighted by Crippen LogP contribution is 2.21. The van der Waals surface area contributed by atoms with Crippen molar-refractivity contribution in [2.24, 2.45) is 5.73 Å². The van der Waals surface area contributed by atoms with Crippen molar-refractivity contribution < 1.29 is 8.42 Å². The van der Waals surface area contributed by atoms with Crippen LogP contribution in [0, 0.1) is 0 Å². The van der Waals surface area contributed by atoms with Crippen molar-refractivity contribution in [1.82, 2.24) is 4.72 Å². The van der Waals surface area contributed by atoms with Crippen LogP contribution in [0.25, 0.3) is 0 Å². The van der Waals surface area contributed by atoms with Gasteiger partial charge in [-0.2, -0.15) is 0 Å². The second-order valence-electron chi connectivity index (χ2n) is 4.11. The van der Waals surface area contributed by atoms with Crippen LogP contribution in [0.15, 0.2) is 21.7 Å². The molecule has 3 N–H and O–H groups in total. The summed E-state index contributed by atoms with van der Waals surface area (Å²) in [5.41, 5.74) is 5.92. The Morgan fingerprint density at radius 1 is 1.38 bits per heavy atom. The van der Waals surface area contributed by atoms with Gasteiger partial charge in [-0.25, -0.2) is 13.1 Å². The molecule has 1 heterocycles. The van der Waals surface area contributed by atoms with E-state index >= 15 is 0 Å². The molecule has 0 aliphatic heterocycles. The van der Waals surface area contributed by atoms with Gasteiger partial charge >= 0.3 is 0 Å². The summed E-state index contributed by atoms with van der Waals surface area (Å²) in [6.45, 7) is 0. The minimum absolute atomic E-state index is 0.0523. The zero-order chi connectivity index (χ0) is 11.6. The van der Waals surface area contributed by atoms with Crippen LogP contribution < -0.4 is 10.5 Å². The number of sulfonamides is 1. The van der Waals surface area contributed by atoms with Gasteiger partial charge in [0.15, 0.2) is 0 Å². The Morgan fingerprint density at radius 3 is 2.75 bits per heavy atom. The molecule has 1 aromatic rings. The van der Waals surface area contributed by atoms with Gasteiger partial charge in [-0.05, 0) is 24.3 Å². The molecule has 2 unspecified atom stereocenters. The summed E-state index contributed by atoms with van der Waals surface area (Å²) in [6.07, 6.45) is 3.88. The van der Waals surface area contributed by atoms with Crippen molar-refractivity contribution in [3.8, 4) is 0 Å². The molecule has 90 valence electrons. The molecule has 2 atom stereocenters. The first kappa shape index (κ1) is 12.0. The zero-order valence-electron chi connectivity index (χ0n) is 8.93. The van der Waals surface area contributed by atoms with E-state index in [9.17, 15) is 8.42 Å². The maximum atomic E-state index is 12.0. The first-order chi connectivity index (χ1) is 7.59. The van der Waals surface area contributed by atoms with Gasteiger partial charge in [-0.3, -0.25) is 0 Å². The number of nitrogens with two attached hydrogens (primary N) is 1. The maximum absolute atomic E-state index is 12.0. The Kier molecular flexibility index (Phi) is 3.63. The first-order valence-corrected chi connectivity index (χ1v) is 7.77. The van der Waals surface area contributed by atoms with Crippen molar-refractivity contribution in [2.45, 2.75) is 42.0 Å². The van der Waals surface area contributed by atoms with E-state index in [0.717, 1.165) is 25.7 Å². The lowest BCUT2D eigenvalue weighted by Gasteiger charge is -2.28. The lowest BCUT2D eigenvalue weighted by molar-refractivity contribution is 0.361. The summed E-state index contributed by atoms with van der Waals surface area (Å²) in [7, 11) is -3.36. The number of hydrogen-bond acceptors (Lipinski definition) is 4. The summed E-state index contributed by atoms with van der Waals surface area (Å²) >= 11 is 1.23. The topological polar surface area (TPSA) is 72.2 Å². The SMILES string of the molecule is NC1CCCCC1NS(=O)(=O)c1cccs1. The third-order valence-corrected chi connectivity index (χ3v) is 5.77. The molecule has 1 fully saturated rings. The van der Waals surface area contributed by atoms with E-state index < -0.39 is 10.0 Å². The Morgan fingerprint density at radius 2 is 2.12 bits per heavy atom. The van der Waals surface area contributed by atoms with Crippen molar-refractivity contribution in [2.75, 3.05) is 0 Å². The molecular weight excluding hydrogens is 244 g/mol. The van der Waals surface area contributed by atoms with Gasteiger partial charge < -0.3 is 5.73 Å². The molecular formula is C10H16N2O2S2. The molecule has 1 aromatic heterocycles. The minimum atomic E-state index is -3.36. The van der Waals surface area contributed by atoms with Gasteiger partial charge in [-0.15, -0.1) is 11.3 Å². The van der Waals surface area contributed by atoms with Gasteiger partial charge in [0.1, 0.15) is 4.21 Å². The second-order valence-corrected chi connectivity index (χ2v) is 7.00. The fraction of sp³-hybridized carbons (Fsp3) is 0.600. The Labute approximate surface area is 99.9 Å². The number of thiophene rings is 1. The molecule has 0 aromatic carbocycles. The van der Waals surface area contributed by atoms with Gasteiger partial charge in [0.25, 0.3) is 0 Å². The molecule has 4 nitrogen and oxygen atoms in total. The Bertz CT molecular complexity index is 428. The quantitative estimate of drug-likeness (QED) is 0.860. The first-order valence-electron chi connectivity index (χ1n) is 5.41. The second kappa shape index (κ2) is 4.83. The molecule has 1 saturated carbocycles. The molecule has 0 amide bonds. The summed E-state index contributed by atoms with van der Waals surface area (Å²) in [6, 6.07) is 3.19. The van der Waals surface area contributed by atoms with Crippen molar-refractivity contribution in [1.29, 1.82) is 0 Å². The molecule has 0 bridgehead atoms. The maximum Gasteiger partial charge on any atom is 0.250 e. The fourth-order valence-corrected chi connectivity index (χ4v) is 4.31. The van der Waals surface area contributed by atoms with E-state index in [-0.39, 0.29) is 12.1 Å². The summed E-state index contributed by atoms with van der Waals surface area (Å²) in [5.74, 6) is 0. The van der Waals surface area contributed by atoms with E-state index in [2.05, 4.69) is 4.72 Å². The zero-order valence-corrected chi connectivity index (χ0v) is 10.6. The third-order valence-electron chi connectivity index (χ3n) is 2.89. The Hall–Kier alpha value is -0.430. The van der Waals surface area contributed by atoms with E-state index in [0.29, 0.717) is 4.21 Å². The lowest BCUT2D eigenvalue weighted by Crippen LogP contribution is -2.49. The van der Waals surface area contributed by atoms with Gasteiger partial charge in [0, 0.05) is 12.1 Å². The summed E-state index contributed by atoms with van der Waals surface area (Å²) < 4.78 is 27.0. The molecule has 0 radical (unpaired) electrons. The standard InChI is InChI=1S/C10H16N2O2S2/c11-8-4-1-2-5-9(8)12-16(13,14)10-6-3-7-15-10/h3,6-9,12H,1-2,4-5,11H2. The average molecular weight is 260 g/mol. The van der Waals surface area contributed by atoms with Crippen LogP contribution in [0.5, 0.6) is 0 Å². The average Bonchev–Trinajstić information content (AvgIpc) is 2.75. The van der Waals surface area contributed by atoms with Crippen LogP contribution in [-0.4, -0.2) is 20.5 Å². The highest BCUT2D eigenvalue weighted by atomic mass is 32.2. The number of hydrogen-bond donors (Lipinski definition) is 2. The molecule has 2 rings (SSSR count). The predicted molar refractivity (Wildman–Crippen MR) is 64.9 cm³/mol. The fourth-order valence-electron chi connectivity index (χ4n) is 1.98. The van der Waals surface area contributed by atoms with Gasteiger partial charge in [0.05, 0.1) is 0 Å². The summed E-state index contributed by atoms with van der Waals surface area (Å²) in [5, 5.41) is 1.76. The van der Waals surface area contributed by atoms with Crippen molar-refractivity contribution in [3.05, 3.63) is 17.5 Å². The van der Waals surface area contributed by atoms with E-state index in [1.54, 1.807) is 17.5 Å². The van der Waals surface area contributed by atoms with Crippen LogP contribution in [0.3, 0.4) is 0 Å². The molecule has 6 heteroatoms. The molecule has 0 spiro atoms. The van der Waals surface area contributed by atoms with Crippen LogP contribution in [-0.2, 0) is 10.0 Å². The van der Waals surface area contributed by atoms with Crippen molar-refractivity contribution in [3.63, 3.8) is 0 Å². The van der Waals surface area contributed by atoms with Crippen LogP contribution in [0.4, 0.5) is 0 Å². The number of nitrogens with one attached hydrogen (secondary N) is 1. The lowest BCUT2D eigenvalue weighted by atomic mass is 9.92. The Balaban J connectivity index is 2.09. The van der Waals surface area contributed by atoms with Crippen LogP contribution >= 0.6 is 11.3 Å². The van der Waals surface area contributed by atoms with E-state index in [4.69, 9.17) is 5.73 Å². The largest absolute Gasteiger partial charge is 0.326 e. The monoisotopic (exact) mass is 260 g/mol. The predicted octanol–water partition coefficient (Wildman–Crippen LogP) is 1.30. The van der Waals surface area contributed by atoms with E-state index in [1.807, 2.05) is 0 Å². The smallest absolute Gasteiger partial charge is 0.250 e.